The SMILES string of the molecule is CCCCC/C=C\CC1OC1CCCCCCCC(=O)OC[C@H](COP(=O)(O)OC[C@@H](O)COP(=O)(O)O)OC(=O)CCCCCCCCCCCCC(C)C. The van der Waals surface area contributed by atoms with Gasteiger partial charge < -0.3 is 34.0 Å². The first-order valence-electron chi connectivity index (χ1n) is 21.4. The number of ether oxygens (including phenoxy) is 3. The Kier molecular flexibility index (Phi) is 30.8. The molecule has 0 saturated carbocycles. The fourth-order valence-corrected chi connectivity index (χ4v) is 7.28. The lowest BCUT2D eigenvalue weighted by atomic mass is 10.0. The van der Waals surface area contributed by atoms with Crippen LogP contribution < -0.4 is 0 Å². The average Bonchev–Trinajstić information content (AvgIpc) is 3.89. The van der Waals surface area contributed by atoms with Gasteiger partial charge in [0.05, 0.1) is 32.0 Å². The summed E-state index contributed by atoms with van der Waals surface area (Å²) in [5.41, 5.74) is 0. The summed E-state index contributed by atoms with van der Waals surface area (Å²) in [7, 11) is -9.67. The fourth-order valence-electron chi connectivity index (χ4n) is 6.13. The third kappa shape index (κ3) is 33.8. The minimum Gasteiger partial charge on any atom is -0.462 e. The number of phosphoric acid groups is 2. The number of aliphatic hydroxyl groups is 1. The van der Waals surface area contributed by atoms with E-state index < -0.39 is 66.2 Å². The van der Waals surface area contributed by atoms with Crippen LogP contribution in [-0.2, 0) is 46.5 Å². The topological polar surface area (TPSA) is 208 Å². The van der Waals surface area contributed by atoms with Crippen LogP contribution in [0.2, 0.25) is 0 Å². The van der Waals surface area contributed by atoms with Gasteiger partial charge in [-0.25, -0.2) is 9.13 Å². The van der Waals surface area contributed by atoms with Gasteiger partial charge in [0, 0.05) is 12.8 Å². The molecule has 0 amide bonds. The first kappa shape index (κ1) is 52.8. The number of aliphatic hydroxyl groups excluding tert-OH is 1. The summed E-state index contributed by atoms with van der Waals surface area (Å²) in [6.45, 7) is 4.00. The van der Waals surface area contributed by atoms with Crippen LogP contribution in [0.3, 0.4) is 0 Å². The van der Waals surface area contributed by atoms with E-state index in [1.54, 1.807) is 0 Å². The number of carbonyl (C=O) groups is 2. The van der Waals surface area contributed by atoms with Gasteiger partial charge in [-0.1, -0.05) is 136 Å². The summed E-state index contributed by atoms with van der Waals surface area (Å²) in [5.74, 6) is -0.283. The molecule has 1 rings (SSSR count). The molecule has 0 radical (unpaired) electrons. The van der Waals surface area contributed by atoms with Crippen molar-refractivity contribution in [1.29, 1.82) is 0 Å². The Morgan fingerprint density at radius 3 is 1.82 bits per heavy atom. The molecule has 0 aromatic rings. The third-order valence-electron chi connectivity index (χ3n) is 9.50. The van der Waals surface area contributed by atoms with Crippen molar-refractivity contribution in [2.75, 3.05) is 26.4 Å². The Balaban J connectivity index is 2.36. The largest absolute Gasteiger partial charge is 0.472 e. The maximum absolute atomic E-state index is 12.6. The molecular formula is C40H76O14P2. The van der Waals surface area contributed by atoms with Crippen LogP contribution in [0, 0.1) is 5.92 Å². The predicted molar refractivity (Wildman–Crippen MR) is 216 cm³/mol. The van der Waals surface area contributed by atoms with Gasteiger partial charge in [0.2, 0.25) is 0 Å². The highest BCUT2D eigenvalue weighted by Crippen LogP contribution is 2.44. The first-order chi connectivity index (χ1) is 26.7. The summed E-state index contributed by atoms with van der Waals surface area (Å²) in [5, 5.41) is 9.74. The maximum atomic E-state index is 12.6. The second-order valence-electron chi connectivity index (χ2n) is 15.5. The normalized spacial score (nSPS) is 17.9. The zero-order valence-electron chi connectivity index (χ0n) is 34.6. The van der Waals surface area contributed by atoms with Gasteiger partial charge >= 0.3 is 27.6 Å². The molecular weight excluding hydrogens is 766 g/mol. The molecule has 1 fully saturated rings. The Morgan fingerprint density at radius 2 is 1.21 bits per heavy atom. The minimum absolute atomic E-state index is 0.128. The smallest absolute Gasteiger partial charge is 0.462 e. The van der Waals surface area contributed by atoms with Crippen LogP contribution >= 0.6 is 15.6 Å². The van der Waals surface area contributed by atoms with Crippen LogP contribution in [0.1, 0.15) is 175 Å². The van der Waals surface area contributed by atoms with Crippen LogP contribution in [0.4, 0.5) is 0 Å². The number of esters is 2. The van der Waals surface area contributed by atoms with E-state index in [2.05, 4.69) is 42.0 Å². The fraction of sp³-hybridized carbons (Fsp3) is 0.900. The number of unbranched alkanes of at least 4 members (excludes halogenated alkanes) is 16. The highest BCUT2D eigenvalue weighted by Gasteiger charge is 2.36. The Morgan fingerprint density at radius 1 is 0.661 bits per heavy atom. The van der Waals surface area contributed by atoms with E-state index in [1.165, 1.54) is 64.2 Å². The van der Waals surface area contributed by atoms with Crippen LogP contribution in [0.25, 0.3) is 0 Å². The van der Waals surface area contributed by atoms with Gasteiger partial charge in [0.15, 0.2) is 6.10 Å². The standard InChI is InChI=1S/C40H76O14P2/c1-4-5-6-7-16-21-26-37-38(54-37)27-22-17-14-19-23-28-39(42)49-32-36(33-52-56(47,48)51-31-35(41)30-50-55(44,45)46)53-40(43)29-24-18-13-11-9-8-10-12-15-20-25-34(2)3/h16,21,34-38,41H,4-15,17-20,22-33H2,1-3H3,(H,47,48)(H2,44,45,46)/b21-16-/t35-,36+,37?,38?/m0/s1. The average molecular weight is 843 g/mol. The van der Waals surface area contributed by atoms with Crippen molar-refractivity contribution in [1.82, 2.24) is 0 Å². The van der Waals surface area contributed by atoms with Crippen molar-refractivity contribution >= 4 is 27.6 Å². The molecule has 16 heteroatoms. The lowest BCUT2D eigenvalue weighted by Gasteiger charge is -2.20. The molecule has 0 spiro atoms. The highest BCUT2D eigenvalue weighted by atomic mass is 31.2. The van der Waals surface area contributed by atoms with Crippen LogP contribution in [-0.4, -0.2) is 82.6 Å². The van der Waals surface area contributed by atoms with Gasteiger partial charge in [-0.05, 0) is 44.4 Å². The Hall–Kier alpha value is -1.18. The number of epoxide rings is 1. The molecule has 0 aliphatic carbocycles. The van der Waals surface area contributed by atoms with Crippen LogP contribution in [0.5, 0.6) is 0 Å². The zero-order valence-corrected chi connectivity index (χ0v) is 36.4. The summed E-state index contributed by atoms with van der Waals surface area (Å²) in [6, 6.07) is 0. The summed E-state index contributed by atoms with van der Waals surface area (Å²) in [6.07, 6.45) is 26.6. The van der Waals surface area contributed by atoms with Crippen molar-refractivity contribution in [2.45, 2.75) is 199 Å². The molecule has 0 bridgehead atoms. The number of allylic oxidation sites excluding steroid dienone is 1. The van der Waals surface area contributed by atoms with E-state index in [1.807, 2.05) is 0 Å². The van der Waals surface area contributed by atoms with Crippen molar-refractivity contribution in [3.05, 3.63) is 12.2 Å². The Bertz CT molecular complexity index is 1130. The number of rotatable bonds is 39. The summed E-state index contributed by atoms with van der Waals surface area (Å²) in [4.78, 5) is 52.7. The monoisotopic (exact) mass is 842 g/mol. The molecule has 0 aromatic carbocycles. The maximum Gasteiger partial charge on any atom is 0.472 e. The van der Waals surface area contributed by atoms with E-state index in [0.717, 1.165) is 70.1 Å². The van der Waals surface area contributed by atoms with Crippen molar-refractivity contribution in [3.63, 3.8) is 0 Å². The first-order valence-corrected chi connectivity index (χ1v) is 24.4. The quantitative estimate of drug-likeness (QED) is 0.0150. The zero-order chi connectivity index (χ0) is 41.5. The highest BCUT2D eigenvalue weighted by molar-refractivity contribution is 7.47. The predicted octanol–water partition coefficient (Wildman–Crippen LogP) is 9.41. The molecule has 14 nitrogen and oxygen atoms in total. The molecule has 1 aliphatic rings. The summed E-state index contributed by atoms with van der Waals surface area (Å²) < 4.78 is 53.5. The molecule has 1 aliphatic heterocycles. The molecule has 1 saturated heterocycles. The van der Waals surface area contributed by atoms with Crippen molar-refractivity contribution in [2.24, 2.45) is 5.92 Å². The van der Waals surface area contributed by atoms with E-state index >= 15 is 0 Å². The van der Waals surface area contributed by atoms with E-state index in [4.69, 9.17) is 28.5 Å². The van der Waals surface area contributed by atoms with E-state index in [0.29, 0.717) is 25.0 Å². The molecule has 1 heterocycles. The van der Waals surface area contributed by atoms with Gasteiger partial charge in [-0.2, -0.15) is 0 Å². The number of hydrogen-bond acceptors (Lipinski definition) is 11. The number of hydrogen-bond donors (Lipinski definition) is 4. The molecule has 4 N–H and O–H groups in total. The second kappa shape index (κ2) is 32.6. The molecule has 3 unspecified atom stereocenters. The number of carbonyl (C=O) groups excluding carboxylic acids is 2. The van der Waals surface area contributed by atoms with Crippen molar-refractivity contribution < 1.29 is 66.3 Å². The number of phosphoric ester groups is 2. The van der Waals surface area contributed by atoms with E-state index in [9.17, 15) is 28.7 Å². The van der Waals surface area contributed by atoms with Gasteiger partial charge in [-0.15, -0.1) is 0 Å². The lowest BCUT2D eigenvalue weighted by molar-refractivity contribution is -0.161. The van der Waals surface area contributed by atoms with Crippen molar-refractivity contribution in [3.8, 4) is 0 Å². The van der Waals surface area contributed by atoms with Crippen LogP contribution in [0.15, 0.2) is 12.2 Å². The lowest BCUT2D eigenvalue weighted by Crippen LogP contribution is -2.30. The molecule has 56 heavy (non-hydrogen) atoms. The van der Waals surface area contributed by atoms with Gasteiger partial charge in [0.25, 0.3) is 0 Å². The molecule has 5 atom stereocenters. The molecule has 330 valence electrons. The van der Waals surface area contributed by atoms with E-state index in [-0.39, 0.29) is 12.8 Å². The summed E-state index contributed by atoms with van der Waals surface area (Å²) >= 11 is 0. The Labute approximate surface area is 337 Å². The van der Waals surface area contributed by atoms with Gasteiger partial charge in [-0.3, -0.25) is 23.2 Å². The third-order valence-corrected chi connectivity index (χ3v) is 10.9. The van der Waals surface area contributed by atoms with Gasteiger partial charge in [0.1, 0.15) is 12.7 Å². The minimum atomic E-state index is -4.86. The second-order valence-corrected chi connectivity index (χ2v) is 18.2. The molecule has 0 aromatic heterocycles.